The molecule has 0 spiro atoms. The highest BCUT2D eigenvalue weighted by atomic mass is 35.5. The zero-order valence-electron chi connectivity index (χ0n) is 15.9. The predicted molar refractivity (Wildman–Crippen MR) is 114 cm³/mol. The first-order valence-electron chi connectivity index (χ1n) is 8.81. The van der Waals surface area contributed by atoms with Crippen molar-refractivity contribution in [3.63, 3.8) is 0 Å². The molecule has 9 heteroatoms. The number of nitrogens with one attached hydrogen (secondary N) is 2. The summed E-state index contributed by atoms with van der Waals surface area (Å²) in [4.78, 5) is 12.1. The summed E-state index contributed by atoms with van der Waals surface area (Å²) < 4.78 is 46.9. The summed E-state index contributed by atoms with van der Waals surface area (Å²) in [6.07, 6.45) is 0. The van der Waals surface area contributed by atoms with E-state index in [1.54, 1.807) is 43.3 Å². The third-order valence-corrected chi connectivity index (χ3v) is 5.82. The van der Waals surface area contributed by atoms with Gasteiger partial charge in [-0.15, -0.1) is 0 Å². The van der Waals surface area contributed by atoms with Crippen LogP contribution in [0.1, 0.15) is 5.56 Å². The number of anilines is 2. The molecule has 30 heavy (non-hydrogen) atoms. The van der Waals surface area contributed by atoms with E-state index in [4.69, 9.17) is 16.3 Å². The molecule has 3 aromatic rings. The topological polar surface area (TPSA) is 84.5 Å². The van der Waals surface area contributed by atoms with Gasteiger partial charge in [-0.1, -0.05) is 29.8 Å². The minimum absolute atomic E-state index is 0.0813. The van der Waals surface area contributed by atoms with Crippen LogP contribution in [0.3, 0.4) is 0 Å². The van der Waals surface area contributed by atoms with Crippen LogP contribution in [0, 0.1) is 12.7 Å². The monoisotopic (exact) mass is 448 g/mol. The molecule has 3 rings (SSSR count). The van der Waals surface area contributed by atoms with Gasteiger partial charge >= 0.3 is 0 Å². The van der Waals surface area contributed by atoms with Gasteiger partial charge in [0.15, 0.2) is 6.61 Å². The fraction of sp³-hybridized carbons (Fsp3) is 0.0952. The molecular formula is C21H18ClFN2O4S. The molecule has 0 radical (unpaired) electrons. The Hall–Kier alpha value is -3.10. The van der Waals surface area contributed by atoms with Gasteiger partial charge in [0.25, 0.3) is 15.9 Å². The number of carbonyl (C=O) groups excluding carboxylic acids is 1. The molecule has 0 saturated carbocycles. The Morgan fingerprint density at radius 2 is 1.77 bits per heavy atom. The van der Waals surface area contributed by atoms with E-state index in [-0.39, 0.29) is 22.9 Å². The van der Waals surface area contributed by atoms with E-state index in [9.17, 15) is 17.6 Å². The highest BCUT2D eigenvalue weighted by Crippen LogP contribution is 2.24. The quantitative estimate of drug-likeness (QED) is 0.553. The highest BCUT2D eigenvalue weighted by Gasteiger charge is 2.19. The number of halogens is 2. The molecule has 3 aromatic carbocycles. The number of aryl methyl sites for hydroxylation is 1. The molecule has 0 aliphatic carbocycles. The minimum atomic E-state index is -4.07. The van der Waals surface area contributed by atoms with Gasteiger partial charge in [-0.3, -0.25) is 9.52 Å². The summed E-state index contributed by atoms with van der Waals surface area (Å²) in [5, 5.41) is 3.13. The van der Waals surface area contributed by atoms with E-state index in [2.05, 4.69) is 10.0 Å². The van der Waals surface area contributed by atoms with E-state index < -0.39 is 21.7 Å². The van der Waals surface area contributed by atoms with Crippen LogP contribution in [0.15, 0.2) is 71.6 Å². The molecule has 0 bridgehead atoms. The van der Waals surface area contributed by atoms with E-state index in [1.165, 1.54) is 24.3 Å². The number of para-hydroxylation sites is 1. The van der Waals surface area contributed by atoms with Crippen molar-refractivity contribution in [3.8, 4) is 5.75 Å². The van der Waals surface area contributed by atoms with E-state index in [0.29, 0.717) is 16.3 Å². The lowest BCUT2D eigenvalue weighted by molar-refractivity contribution is -0.118. The Balaban J connectivity index is 1.72. The molecule has 0 atom stereocenters. The molecule has 0 saturated heterocycles. The zero-order chi connectivity index (χ0) is 21.7. The fourth-order valence-electron chi connectivity index (χ4n) is 2.59. The second kappa shape index (κ2) is 9.15. The van der Waals surface area contributed by atoms with Crippen LogP contribution in [0.2, 0.25) is 5.02 Å². The Kier molecular flexibility index (Phi) is 6.59. The third kappa shape index (κ3) is 5.49. The van der Waals surface area contributed by atoms with Crippen LogP contribution in [-0.2, 0) is 14.8 Å². The number of sulfonamides is 1. The molecular weight excluding hydrogens is 431 g/mol. The lowest BCUT2D eigenvalue weighted by Gasteiger charge is -2.13. The van der Waals surface area contributed by atoms with Crippen molar-refractivity contribution in [3.05, 3.63) is 83.1 Å². The number of amides is 1. The average Bonchev–Trinajstić information content (AvgIpc) is 2.70. The van der Waals surface area contributed by atoms with Crippen LogP contribution in [0.25, 0.3) is 0 Å². The van der Waals surface area contributed by atoms with Gasteiger partial charge in [0.1, 0.15) is 11.6 Å². The Bertz CT molecular complexity index is 1170. The van der Waals surface area contributed by atoms with Gasteiger partial charge < -0.3 is 10.1 Å². The third-order valence-electron chi connectivity index (χ3n) is 4.06. The van der Waals surface area contributed by atoms with Gasteiger partial charge in [0.05, 0.1) is 10.6 Å². The van der Waals surface area contributed by atoms with E-state index >= 15 is 0 Å². The first-order chi connectivity index (χ1) is 14.2. The van der Waals surface area contributed by atoms with Crippen molar-refractivity contribution < 1.29 is 22.3 Å². The van der Waals surface area contributed by atoms with Crippen LogP contribution in [0.5, 0.6) is 5.75 Å². The summed E-state index contributed by atoms with van der Waals surface area (Å²) in [5.41, 5.74) is 0.538. The van der Waals surface area contributed by atoms with E-state index in [1.807, 2.05) is 0 Å². The van der Waals surface area contributed by atoms with Gasteiger partial charge in [0, 0.05) is 10.7 Å². The average molecular weight is 449 g/mol. The van der Waals surface area contributed by atoms with E-state index in [0.717, 1.165) is 6.07 Å². The lowest BCUT2D eigenvalue weighted by Crippen LogP contribution is -2.21. The second-order valence-electron chi connectivity index (χ2n) is 6.36. The number of benzene rings is 3. The molecule has 0 aromatic heterocycles. The zero-order valence-corrected chi connectivity index (χ0v) is 17.4. The molecule has 1 amide bonds. The van der Waals surface area contributed by atoms with Crippen molar-refractivity contribution in [1.82, 2.24) is 0 Å². The lowest BCUT2D eigenvalue weighted by atomic mass is 10.2. The summed E-state index contributed by atoms with van der Waals surface area (Å²) >= 11 is 5.80. The summed E-state index contributed by atoms with van der Waals surface area (Å²) in [7, 11) is -4.07. The molecule has 0 unspecified atom stereocenters. The summed E-state index contributed by atoms with van der Waals surface area (Å²) in [6.45, 7) is 1.33. The van der Waals surface area contributed by atoms with Gasteiger partial charge in [-0.2, -0.15) is 0 Å². The molecule has 6 nitrogen and oxygen atoms in total. The Labute approximate surface area is 178 Å². The van der Waals surface area contributed by atoms with Crippen molar-refractivity contribution in [1.29, 1.82) is 0 Å². The fourth-order valence-corrected chi connectivity index (χ4v) is 4.05. The maximum atomic E-state index is 13.8. The molecule has 156 valence electrons. The van der Waals surface area contributed by atoms with Crippen LogP contribution in [-0.4, -0.2) is 20.9 Å². The number of hydrogen-bond acceptors (Lipinski definition) is 4. The van der Waals surface area contributed by atoms with Gasteiger partial charge in [0.2, 0.25) is 0 Å². The van der Waals surface area contributed by atoms with Crippen molar-refractivity contribution in [2.24, 2.45) is 0 Å². The number of hydrogen-bond donors (Lipinski definition) is 2. The van der Waals surface area contributed by atoms with Gasteiger partial charge in [-0.25, -0.2) is 12.8 Å². The molecule has 0 aliphatic rings. The van der Waals surface area contributed by atoms with Crippen molar-refractivity contribution in [2.45, 2.75) is 11.8 Å². The number of rotatable bonds is 7. The first kappa shape index (κ1) is 21.6. The predicted octanol–water partition coefficient (Wildman–Crippen LogP) is 4.61. The smallest absolute Gasteiger partial charge is 0.262 e. The van der Waals surface area contributed by atoms with Crippen LogP contribution >= 0.6 is 11.6 Å². The number of ether oxygens (including phenoxy) is 1. The Morgan fingerprint density at radius 1 is 1.07 bits per heavy atom. The first-order valence-corrected chi connectivity index (χ1v) is 10.7. The summed E-state index contributed by atoms with van der Waals surface area (Å²) in [5.74, 6) is -0.697. The largest absolute Gasteiger partial charge is 0.484 e. The van der Waals surface area contributed by atoms with Gasteiger partial charge in [-0.05, 0) is 61.0 Å². The molecule has 0 fully saturated rings. The van der Waals surface area contributed by atoms with Crippen LogP contribution < -0.4 is 14.8 Å². The standard InChI is InChI=1S/C21H18ClFN2O4S/c1-14-6-9-16(24-21(26)13-29-17-10-7-15(22)8-11-17)12-20(14)30(27,28)25-19-5-3-2-4-18(19)23/h2-12,25H,13H2,1H3,(H,24,26). The minimum Gasteiger partial charge on any atom is -0.484 e. The summed E-state index contributed by atoms with van der Waals surface area (Å²) in [6, 6.07) is 16.4. The molecule has 2 N–H and O–H groups in total. The van der Waals surface area contributed by atoms with Crippen LogP contribution in [0.4, 0.5) is 15.8 Å². The maximum Gasteiger partial charge on any atom is 0.262 e. The van der Waals surface area contributed by atoms with Crippen molar-refractivity contribution in [2.75, 3.05) is 16.6 Å². The number of carbonyl (C=O) groups is 1. The Morgan fingerprint density at radius 3 is 2.47 bits per heavy atom. The highest BCUT2D eigenvalue weighted by molar-refractivity contribution is 7.92. The normalized spacial score (nSPS) is 11.0. The van der Waals surface area contributed by atoms with Crippen molar-refractivity contribution >= 4 is 38.9 Å². The molecule has 0 heterocycles. The molecule has 0 aliphatic heterocycles. The SMILES string of the molecule is Cc1ccc(NC(=O)COc2ccc(Cl)cc2)cc1S(=O)(=O)Nc1ccccc1F. The maximum absolute atomic E-state index is 13.8. The second-order valence-corrected chi connectivity index (χ2v) is 8.44.